The molecule has 0 aliphatic heterocycles. The van der Waals surface area contributed by atoms with E-state index in [1.54, 1.807) is 36.4 Å². The van der Waals surface area contributed by atoms with Crippen molar-refractivity contribution in [1.29, 1.82) is 0 Å². The lowest BCUT2D eigenvalue weighted by Crippen LogP contribution is -2.40. The fourth-order valence-corrected chi connectivity index (χ4v) is 3.27. The van der Waals surface area contributed by atoms with E-state index in [0.29, 0.717) is 16.8 Å². The van der Waals surface area contributed by atoms with Gasteiger partial charge in [-0.3, -0.25) is 9.59 Å². The molecule has 0 aliphatic carbocycles. The van der Waals surface area contributed by atoms with Crippen molar-refractivity contribution in [3.8, 4) is 5.69 Å². The van der Waals surface area contributed by atoms with Gasteiger partial charge in [-0.1, -0.05) is 12.1 Å². The Hall–Kier alpha value is -2.93. The Labute approximate surface area is 184 Å². The minimum Gasteiger partial charge on any atom is -0.347 e. The van der Waals surface area contributed by atoms with E-state index >= 15 is 0 Å². The number of rotatable bonds is 4. The van der Waals surface area contributed by atoms with Gasteiger partial charge in [0, 0.05) is 11.1 Å². The van der Waals surface area contributed by atoms with Crippen molar-refractivity contribution < 1.29 is 9.59 Å². The van der Waals surface area contributed by atoms with Crippen LogP contribution in [0.25, 0.3) is 5.69 Å². The fraction of sp³-hybridized carbons (Fsp3) is 0.261. The molecular formula is C23H25BrN4O2. The van der Waals surface area contributed by atoms with Crippen LogP contribution in [0.1, 0.15) is 52.9 Å². The summed E-state index contributed by atoms with van der Waals surface area (Å²) in [5.74, 6) is -0.518. The van der Waals surface area contributed by atoms with Crippen LogP contribution in [0.4, 0.5) is 5.69 Å². The van der Waals surface area contributed by atoms with Gasteiger partial charge >= 0.3 is 0 Å². The second-order valence-electron chi connectivity index (χ2n) is 8.15. The number of hydrogen-bond donors (Lipinski definition) is 2. The van der Waals surface area contributed by atoms with Crippen molar-refractivity contribution in [2.45, 2.75) is 40.2 Å². The van der Waals surface area contributed by atoms with Gasteiger partial charge in [0.2, 0.25) is 0 Å². The van der Waals surface area contributed by atoms with Gasteiger partial charge in [0.1, 0.15) is 0 Å². The molecule has 3 aromatic rings. The van der Waals surface area contributed by atoms with Gasteiger partial charge in [-0.2, -0.15) is 5.10 Å². The van der Waals surface area contributed by atoms with Crippen molar-refractivity contribution in [2.24, 2.45) is 0 Å². The molecule has 0 bridgehead atoms. The van der Waals surface area contributed by atoms with E-state index in [9.17, 15) is 9.59 Å². The van der Waals surface area contributed by atoms with E-state index in [1.807, 2.05) is 51.4 Å². The third kappa shape index (κ3) is 4.79. The summed E-state index contributed by atoms with van der Waals surface area (Å²) >= 11 is 3.53. The molecule has 30 heavy (non-hydrogen) atoms. The van der Waals surface area contributed by atoms with Crippen molar-refractivity contribution in [1.82, 2.24) is 15.1 Å². The lowest BCUT2D eigenvalue weighted by molar-refractivity contribution is 0.0920. The number of carbonyl (C=O) groups excluding carboxylic acids is 2. The molecule has 0 radical (unpaired) electrons. The topological polar surface area (TPSA) is 76.0 Å². The molecule has 0 saturated carbocycles. The molecule has 2 amide bonds. The number of nitrogens with zero attached hydrogens (tertiary/aromatic N) is 2. The van der Waals surface area contributed by atoms with Gasteiger partial charge in [0.25, 0.3) is 11.8 Å². The summed E-state index contributed by atoms with van der Waals surface area (Å²) in [5.41, 5.74) is 3.76. The minimum atomic E-state index is -0.373. The first-order valence-electron chi connectivity index (χ1n) is 9.62. The molecule has 0 unspecified atom stereocenters. The average Bonchev–Trinajstić information content (AvgIpc) is 2.94. The molecule has 0 atom stereocenters. The van der Waals surface area contributed by atoms with Crippen molar-refractivity contribution in [3.05, 3.63) is 75.5 Å². The Balaban J connectivity index is 1.80. The van der Waals surface area contributed by atoms with Gasteiger partial charge < -0.3 is 10.6 Å². The highest BCUT2D eigenvalue weighted by molar-refractivity contribution is 9.10. The van der Waals surface area contributed by atoms with Gasteiger partial charge in [-0.05, 0) is 86.9 Å². The number of benzene rings is 2. The monoisotopic (exact) mass is 468 g/mol. The highest BCUT2D eigenvalue weighted by atomic mass is 79.9. The van der Waals surface area contributed by atoms with Crippen LogP contribution in [-0.2, 0) is 0 Å². The van der Waals surface area contributed by atoms with E-state index < -0.39 is 0 Å². The molecule has 7 heteroatoms. The molecule has 6 nitrogen and oxygen atoms in total. The second-order valence-corrected chi connectivity index (χ2v) is 8.94. The first-order chi connectivity index (χ1) is 14.1. The maximum absolute atomic E-state index is 12.8. The van der Waals surface area contributed by atoms with E-state index in [2.05, 4.69) is 31.7 Å². The third-order valence-electron chi connectivity index (χ3n) is 4.49. The number of halogens is 1. The van der Waals surface area contributed by atoms with Crippen LogP contribution in [0.15, 0.2) is 53.0 Å². The van der Waals surface area contributed by atoms with E-state index in [0.717, 1.165) is 21.5 Å². The van der Waals surface area contributed by atoms with Crippen LogP contribution in [0.5, 0.6) is 0 Å². The zero-order chi connectivity index (χ0) is 22.1. The van der Waals surface area contributed by atoms with Crippen LogP contribution in [0.3, 0.4) is 0 Å². The lowest BCUT2D eigenvalue weighted by Gasteiger charge is -2.21. The summed E-state index contributed by atoms with van der Waals surface area (Å²) < 4.78 is 2.79. The first-order valence-corrected chi connectivity index (χ1v) is 10.4. The van der Waals surface area contributed by atoms with Gasteiger partial charge in [-0.25, -0.2) is 4.68 Å². The third-order valence-corrected chi connectivity index (χ3v) is 5.63. The normalized spacial score (nSPS) is 11.3. The van der Waals surface area contributed by atoms with Crippen LogP contribution in [-0.4, -0.2) is 27.1 Å². The van der Waals surface area contributed by atoms with Crippen LogP contribution in [0.2, 0.25) is 0 Å². The van der Waals surface area contributed by atoms with Gasteiger partial charge in [0.05, 0.1) is 32.8 Å². The molecule has 0 spiro atoms. The average molecular weight is 469 g/mol. The number of anilines is 1. The highest BCUT2D eigenvalue weighted by Gasteiger charge is 2.19. The molecule has 1 heterocycles. The summed E-state index contributed by atoms with van der Waals surface area (Å²) in [7, 11) is 0. The zero-order valence-corrected chi connectivity index (χ0v) is 19.3. The summed E-state index contributed by atoms with van der Waals surface area (Å²) in [6.45, 7) is 9.64. The SMILES string of the molecule is Cc1nn(-c2ccc(C(=O)Nc3ccccc3C(=O)NC(C)(C)C)cc2)c(C)c1Br. The lowest BCUT2D eigenvalue weighted by atomic mass is 10.1. The Morgan fingerprint density at radius 2 is 1.60 bits per heavy atom. The molecule has 0 aliphatic rings. The zero-order valence-electron chi connectivity index (χ0n) is 17.7. The smallest absolute Gasteiger partial charge is 0.255 e. The Kier molecular flexibility index (Phi) is 6.12. The van der Waals surface area contributed by atoms with E-state index in [1.165, 1.54) is 0 Å². The summed E-state index contributed by atoms with van der Waals surface area (Å²) in [5, 5.41) is 10.3. The predicted molar refractivity (Wildman–Crippen MR) is 122 cm³/mol. The van der Waals surface area contributed by atoms with Gasteiger partial charge in [0.15, 0.2) is 0 Å². The standard InChI is InChI=1S/C23H25BrN4O2/c1-14-20(24)15(2)28(27-14)17-12-10-16(11-13-17)21(29)25-19-9-7-6-8-18(19)22(30)26-23(3,4)5/h6-13H,1-5H3,(H,25,29)(H,26,30). The number of amides is 2. The molecule has 2 aromatic carbocycles. The largest absolute Gasteiger partial charge is 0.347 e. The number of aromatic nitrogens is 2. The highest BCUT2D eigenvalue weighted by Crippen LogP contribution is 2.23. The Bertz CT molecular complexity index is 1100. The summed E-state index contributed by atoms with van der Waals surface area (Å²) in [6, 6.07) is 14.2. The van der Waals surface area contributed by atoms with E-state index in [4.69, 9.17) is 0 Å². The van der Waals surface area contributed by atoms with E-state index in [-0.39, 0.29) is 17.4 Å². The number of para-hydroxylation sites is 1. The van der Waals surface area contributed by atoms with Crippen molar-refractivity contribution in [3.63, 3.8) is 0 Å². The number of hydrogen-bond acceptors (Lipinski definition) is 3. The van der Waals surface area contributed by atoms with Crippen molar-refractivity contribution in [2.75, 3.05) is 5.32 Å². The molecule has 3 rings (SSSR count). The van der Waals surface area contributed by atoms with Crippen LogP contribution in [0, 0.1) is 13.8 Å². The molecule has 0 fully saturated rings. The Morgan fingerprint density at radius 1 is 0.967 bits per heavy atom. The number of carbonyl (C=O) groups is 2. The number of nitrogens with one attached hydrogen (secondary N) is 2. The van der Waals surface area contributed by atoms with Crippen LogP contribution >= 0.6 is 15.9 Å². The summed E-state index contributed by atoms with van der Waals surface area (Å²) in [6.07, 6.45) is 0. The number of aryl methyl sites for hydroxylation is 1. The minimum absolute atomic E-state index is 0.233. The molecule has 0 saturated heterocycles. The Morgan fingerprint density at radius 3 is 2.17 bits per heavy atom. The maximum Gasteiger partial charge on any atom is 0.255 e. The van der Waals surface area contributed by atoms with Crippen LogP contribution < -0.4 is 10.6 Å². The molecule has 2 N–H and O–H groups in total. The van der Waals surface area contributed by atoms with Crippen molar-refractivity contribution >= 4 is 33.4 Å². The maximum atomic E-state index is 12.8. The quantitative estimate of drug-likeness (QED) is 0.563. The van der Waals surface area contributed by atoms with Gasteiger partial charge in [-0.15, -0.1) is 0 Å². The predicted octanol–water partition coefficient (Wildman–Crippen LogP) is 5.03. The fourth-order valence-electron chi connectivity index (χ4n) is 3.02. The molecule has 156 valence electrons. The first kappa shape index (κ1) is 21.8. The second kappa shape index (κ2) is 8.44. The molecule has 1 aromatic heterocycles. The molecular weight excluding hydrogens is 444 g/mol. The summed E-state index contributed by atoms with van der Waals surface area (Å²) in [4.78, 5) is 25.4.